The van der Waals surface area contributed by atoms with E-state index in [1.54, 1.807) is 4.90 Å². The third-order valence-electron chi connectivity index (χ3n) is 4.71. The standard InChI is InChI=1S/C24H26N2O2.ClH/c1-25(2)14-13-23(27)26-17-21(15-19-9-5-3-6-10-19)24(28)22(18-26)16-20-11-7-4-8-12-20;/h3-12,15-16H,13-14,17-18H2,1-2H3;1H/b21-15-,22-16-;. The highest BCUT2D eigenvalue weighted by Gasteiger charge is 2.28. The molecule has 2 aromatic carbocycles. The number of nitrogens with zero attached hydrogens (tertiary/aromatic N) is 2. The fourth-order valence-electron chi connectivity index (χ4n) is 3.19. The Bertz CT molecular complexity index is 828. The van der Waals surface area contributed by atoms with E-state index in [4.69, 9.17) is 0 Å². The van der Waals surface area contributed by atoms with Gasteiger partial charge in [-0.2, -0.15) is 0 Å². The molecule has 1 aliphatic heterocycles. The van der Waals surface area contributed by atoms with E-state index in [2.05, 4.69) is 0 Å². The van der Waals surface area contributed by atoms with Crippen molar-refractivity contribution in [1.82, 2.24) is 9.80 Å². The van der Waals surface area contributed by atoms with E-state index in [1.165, 1.54) is 0 Å². The third kappa shape index (κ3) is 6.41. The Morgan fingerprint density at radius 2 is 1.34 bits per heavy atom. The molecule has 5 heteroatoms. The molecule has 1 fully saturated rings. The summed E-state index contributed by atoms with van der Waals surface area (Å²) in [4.78, 5) is 29.6. The molecule has 0 aliphatic carbocycles. The minimum absolute atomic E-state index is 0. The van der Waals surface area contributed by atoms with Gasteiger partial charge in [-0.1, -0.05) is 60.7 Å². The molecule has 1 aliphatic rings. The minimum Gasteiger partial charge on any atom is -0.334 e. The average molecular weight is 411 g/mol. The smallest absolute Gasteiger partial charge is 0.224 e. The van der Waals surface area contributed by atoms with Gasteiger partial charge in [0.15, 0.2) is 5.78 Å². The molecule has 152 valence electrons. The number of Topliss-reactive ketones (excluding diaryl/α,β-unsaturated/α-hetero) is 1. The lowest BCUT2D eigenvalue weighted by atomic mass is 9.94. The first kappa shape index (κ1) is 22.6. The van der Waals surface area contributed by atoms with Crippen molar-refractivity contribution >= 4 is 36.2 Å². The Kier molecular flexibility index (Phi) is 8.37. The van der Waals surface area contributed by atoms with Gasteiger partial charge in [-0.3, -0.25) is 9.59 Å². The number of carbonyl (C=O) groups excluding carboxylic acids is 2. The van der Waals surface area contributed by atoms with Crippen LogP contribution in [0.15, 0.2) is 71.8 Å². The quantitative estimate of drug-likeness (QED) is 0.701. The highest BCUT2D eigenvalue weighted by molar-refractivity contribution is 6.15. The van der Waals surface area contributed by atoms with Gasteiger partial charge in [0, 0.05) is 37.2 Å². The highest BCUT2D eigenvalue weighted by Crippen LogP contribution is 2.22. The van der Waals surface area contributed by atoms with E-state index in [-0.39, 0.29) is 24.1 Å². The summed E-state index contributed by atoms with van der Waals surface area (Å²) in [5.41, 5.74) is 3.23. The Hall–Kier alpha value is -2.69. The Morgan fingerprint density at radius 1 is 0.897 bits per heavy atom. The van der Waals surface area contributed by atoms with E-state index >= 15 is 0 Å². The molecular weight excluding hydrogens is 384 g/mol. The maximum atomic E-state index is 13.1. The van der Waals surface area contributed by atoms with Crippen LogP contribution in [0, 0.1) is 0 Å². The molecular formula is C24H27ClN2O2. The molecule has 0 saturated carbocycles. The first-order valence-electron chi connectivity index (χ1n) is 9.51. The number of ketones is 1. The van der Waals surface area contributed by atoms with Crippen molar-refractivity contribution in [2.75, 3.05) is 33.7 Å². The summed E-state index contributed by atoms with van der Waals surface area (Å²) in [7, 11) is 3.91. The second-order valence-corrected chi connectivity index (χ2v) is 7.29. The first-order chi connectivity index (χ1) is 13.5. The second kappa shape index (κ2) is 10.7. The highest BCUT2D eigenvalue weighted by atomic mass is 35.5. The molecule has 0 atom stereocenters. The van der Waals surface area contributed by atoms with Crippen LogP contribution in [-0.2, 0) is 9.59 Å². The van der Waals surface area contributed by atoms with Gasteiger partial charge >= 0.3 is 0 Å². The number of carbonyl (C=O) groups is 2. The van der Waals surface area contributed by atoms with Crippen LogP contribution in [0.4, 0.5) is 0 Å². The zero-order valence-corrected chi connectivity index (χ0v) is 17.7. The minimum atomic E-state index is 0. The third-order valence-corrected chi connectivity index (χ3v) is 4.71. The van der Waals surface area contributed by atoms with Crippen molar-refractivity contribution in [3.05, 3.63) is 82.9 Å². The summed E-state index contributed by atoms with van der Waals surface area (Å²) in [6.45, 7) is 1.40. The van der Waals surface area contributed by atoms with Gasteiger partial charge in [-0.05, 0) is 37.4 Å². The summed E-state index contributed by atoms with van der Waals surface area (Å²) >= 11 is 0. The van der Waals surface area contributed by atoms with Crippen LogP contribution < -0.4 is 0 Å². The molecule has 0 bridgehead atoms. The van der Waals surface area contributed by atoms with Crippen LogP contribution in [0.5, 0.6) is 0 Å². The van der Waals surface area contributed by atoms with E-state index in [0.29, 0.717) is 37.2 Å². The normalized spacial score (nSPS) is 16.9. The molecule has 4 nitrogen and oxygen atoms in total. The summed E-state index contributed by atoms with van der Waals surface area (Å²) < 4.78 is 0. The lowest BCUT2D eigenvalue weighted by Crippen LogP contribution is -2.42. The van der Waals surface area contributed by atoms with Gasteiger partial charge in [0.05, 0.1) is 0 Å². The maximum Gasteiger partial charge on any atom is 0.224 e. The van der Waals surface area contributed by atoms with E-state index in [1.807, 2.05) is 91.8 Å². The molecule has 0 unspecified atom stereocenters. The van der Waals surface area contributed by atoms with E-state index < -0.39 is 0 Å². The zero-order valence-electron chi connectivity index (χ0n) is 16.9. The predicted molar refractivity (Wildman–Crippen MR) is 121 cm³/mol. The van der Waals surface area contributed by atoms with Crippen molar-refractivity contribution < 1.29 is 9.59 Å². The lowest BCUT2D eigenvalue weighted by molar-refractivity contribution is -0.131. The maximum absolute atomic E-state index is 13.1. The average Bonchev–Trinajstić information content (AvgIpc) is 2.70. The van der Waals surface area contributed by atoms with Crippen LogP contribution >= 0.6 is 12.4 Å². The summed E-state index contributed by atoms with van der Waals surface area (Å²) in [6, 6.07) is 19.5. The van der Waals surface area contributed by atoms with Crippen LogP contribution in [0.2, 0.25) is 0 Å². The predicted octanol–water partition coefficient (Wildman–Crippen LogP) is 3.94. The van der Waals surface area contributed by atoms with Crippen LogP contribution in [0.3, 0.4) is 0 Å². The number of benzene rings is 2. The summed E-state index contributed by atoms with van der Waals surface area (Å²) in [6.07, 6.45) is 4.23. The number of hydrogen-bond acceptors (Lipinski definition) is 3. The second-order valence-electron chi connectivity index (χ2n) is 7.29. The summed E-state index contributed by atoms with van der Waals surface area (Å²) in [5.74, 6) is 0.0866. The van der Waals surface area contributed by atoms with Crippen molar-refractivity contribution in [2.24, 2.45) is 0 Å². The monoisotopic (exact) mass is 410 g/mol. The van der Waals surface area contributed by atoms with Gasteiger partial charge in [-0.25, -0.2) is 0 Å². The van der Waals surface area contributed by atoms with Crippen molar-refractivity contribution in [1.29, 1.82) is 0 Å². The molecule has 1 saturated heterocycles. The topological polar surface area (TPSA) is 40.6 Å². The zero-order chi connectivity index (χ0) is 19.9. The number of piperidine rings is 1. The fraction of sp³-hybridized carbons (Fsp3) is 0.250. The molecule has 0 radical (unpaired) electrons. The molecule has 29 heavy (non-hydrogen) atoms. The molecule has 3 rings (SSSR count). The van der Waals surface area contributed by atoms with Crippen molar-refractivity contribution in [3.8, 4) is 0 Å². The van der Waals surface area contributed by atoms with Gasteiger partial charge < -0.3 is 9.80 Å². The molecule has 2 aromatic rings. The summed E-state index contributed by atoms with van der Waals surface area (Å²) in [5, 5.41) is 0. The SMILES string of the molecule is CN(C)CCC(=O)N1C/C(=C/c2ccccc2)C(=O)/C(=C\c2ccccc2)C1.Cl. The number of rotatable bonds is 5. The number of amides is 1. The molecule has 1 heterocycles. The number of hydrogen-bond donors (Lipinski definition) is 0. The van der Waals surface area contributed by atoms with E-state index in [9.17, 15) is 9.59 Å². The van der Waals surface area contributed by atoms with Crippen molar-refractivity contribution in [2.45, 2.75) is 6.42 Å². The van der Waals surface area contributed by atoms with Gasteiger partial charge in [-0.15, -0.1) is 12.4 Å². The molecule has 1 amide bonds. The molecule has 0 aromatic heterocycles. The first-order valence-corrected chi connectivity index (χ1v) is 9.51. The Labute approximate surface area is 178 Å². The van der Waals surface area contributed by atoms with Crippen LogP contribution in [-0.4, -0.2) is 55.2 Å². The van der Waals surface area contributed by atoms with Crippen LogP contribution in [0.1, 0.15) is 17.5 Å². The van der Waals surface area contributed by atoms with Gasteiger partial charge in [0.1, 0.15) is 0 Å². The van der Waals surface area contributed by atoms with Gasteiger partial charge in [0.2, 0.25) is 5.91 Å². The number of halogens is 1. The fourth-order valence-corrected chi connectivity index (χ4v) is 3.19. The van der Waals surface area contributed by atoms with Crippen molar-refractivity contribution in [3.63, 3.8) is 0 Å². The molecule has 0 spiro atoms. The lowest BCUT2D eigenvalue weighted by Gasteiger charge is -2.30. The number of likely N-dealkylation sites (tertiary alicyclic amines) is 1. The van der Waals surface area contributed by atoms with E-state index in [0.717, 1.165) is 11.1 Å². The Morgan fingerprint density at radius 3 is 1.76 bits per heavy atom. The Balaban J connectivity index is 0.00000300. The van der Waals surface area contributed by atoms with Crippen LogP contribution in [0.25, 0.3) is 12.2 Å². The van der Waals surface area contributed by atoms with Gasteiger partial charge in [0.25, 0.3) is 0 Å². The molecule has 0 N–H and O–H groups in total. The largest absolute Gasteiger partial charge is 0.334 e.